The minimum atomic E-state index is -0.533. The fourth-order valence-corrected chi connectivity index (χ4v) is 4.16. The normalized spacial score (nSPS) is 16.4. The number of anilines is 1. The molecule has 174 valence electrons. The van der Waals surface area contributed by atoms with Gasteiger partial charge in [0.05, 0.1) is 5.69 Å². The average Bonchev–Trinajstić information content (AvgIpc) is 2.66. The first kappa shape index (κ1) is 24.6. The van der Waals surface area contributed by atoms with Crippen molar-refractivity contribution in [3.8, 4) is 5.75 Å². The molecule has 0 bridgehead atoms. The predicted molar refractivity (Wildman–Crippen MR) is 138 cm³/mol. The summed E-state index contributed by atoms with van der Waals surface area (Å²) >= 11 is 5.35. The highest BCUT2D eigenvalue weighted by Crippen LogP contribution is 2.40. The number of phenolic OH excluding ortho intramolecular Hbond substituents is 1. The smallest absolute Gasteiger partial charge is 0.270 e. The van der Waals surface area contributed by atoms with E-state index in [9.17, 15) is 14.7 Å². The van der Waals surface area contributed by atoms with Crippen LogP contribution in [0.3, 0.4) is 0 Å². The van der Waals surface area contributed by atoms with Gasteiger partial charge in [0.15, 0.2) is 5.11 Å². The van der Waals surface area contributed by atoms with Crippen LogP contribution in [0.1, 0.15) is 69.4 Å². The number of aromatic hydroxyl groups is 1. The Labute approximate surface area is 201 Å². The summed E-state index contributed by atoms with van der Waals surface area (Å²) in [5.74, 6) is -0.760. The molecule has 3 rings (SSSR count). The first-order chi connectivity index (χ1) is 15.1. The van der Waals surface area contributed by atoms with Crippen LogP contribution in [0.2, 0.25) is 0 Å². The van der Waals surface area contributed by atoms with Crippen molar-refractivity contribution in [2.45, 2.75) is 66.2 Å². The topological polar surface area (TPSA) is 69.6 Å². The van der Waals surface area contributed by atoms with E-state index in [-0.39, 0.29) is 27.3 Å². The number of aryl methyl sites for hydroxylation is 2. The zero-order valence-electron chi connectivity index (χ0n) is 20.6. The van der Waals surface area contributed by atoms with Crippen molar-refractivity contribution in [3.05, 3.63) is 63.7 Å². The molecule has 33 heavy (non-hydrogen) atoms. The van der Waals surface area contributed by atoms with Crippen molar-refractivity contribution < 1.29 is 14.7 Å². The number of carbonyl (C=O) groups is 2. The molecule has 1 fully saturated rings. The molecule has 0 spiro atoms. The fourth-order valence-electron chi connectivity index (χ4n) is 3.89. The maximum Gasteiger partial charge on any atom is 0.270 e. The van der Waals surface area contributed by atoms with E-state index >= 15 is 0 Å². The van der Waals surface area contributed by atoms with Crippen molar-refractivity contribution >= 4 is 40.9 Å². The summed E-state index contributed by atoms with van der Waals surface area (Å²) in [6, 6.07) is 9.45. The van der Waals surface area contributed by atoms with Crippen molar-refractivity contribution in [2.24, 2.45) is 0 Å². The van der Waals surface area contributed by atoms with Gasteiger partial charge in [0.25, 0.3) is 11.8 Å². The summed E-state index contributed by atoms with van der Waals surface area (Å²) in [5, 5.41) is 13.7. The van der Waals surface area contributed by atoms with Gasteiger partial charge in [-0.2, -0.15) is 0 Å². The minimum absolute atomic E-state index is 0.00471. The Morgan fingerprint density at radius 1 is 0.939 bits per heavy atom. The van der Waals surface area contributed by atoms with Crippen LogP contribution in [0.25, 0.3) is 6.08 Å². The molecule has 6 heteroatoms. The lowest BCUT2D eigenvalue weighted by Crippen LogP contribution is -2.54. The molecule has 0 saturated carbocycles. The number of rotatable bonds is 2. The van der Waals surface area contributed by atoms with Crippen molar-refractivity contribution in [3.63, 3.8) is 0 Å². The van der Waals surface area contributed by atoms with Crippen LogP contribution in [0.4, 0.5) is 5.69 Å². The van der Waals surface area contributed by atoms with Gasteiger partial charge in [0, 0.05) is 11.1 Å². The van der Waals surface area contributed by atoms with Gasteiger partial charge < -0.3 is 5.11 Å². The standard InChI is InChI=1S/C27H32N2O3S/c1-15-9-10-16(2)21(11-15)29-24(32)18(23(31)28-25(29)33)12-17-13-19(26(3,4)5)22(30)20(14-17)27(6,7)8/h9-14,30H,1-8H3,(H,28,31,33). The summed E-state index contributed by atoms with van der Waals surface area (Å²) in [6.07, 6.45) is 1.58. The number of nitrogens with one attached hydrogen (secondary N) is 1. The SMILES string of the molecule is Cc1ccc(C)c(N2C(=O)C(=Cc3cc(C(C)(C)C)c(O)c(C(C)(C)C)c3)C(=O)NC2=S)c1. The van der Waals surface area contributed by atoms with Crippen LogP contribution in [0.15, 0.2) is 35.9 Å². The molecule has 0 aromatic heterocycles. The molecule has 1 heterocycles. The number of nitrogens with zero attached hydrogens (tertiary/aromatic N) is 1. The molecule has 2 aromatic carbocycles. The van der Waals surface area contributed by atoms with Gasteiger partial charge in [-0.15, -0.1) is 0 Å². The highest BCUT2D eigenvalue weighted by Gasteiger charge is 2.35. The number of phenols is 1. The molecule has 0 radical (unpaired) electrons. The van der Waals surface area contributed by atoms with Gasteiger partial charge in [-0.3, -0.25) is 19.8 Å². The fraction of sp³-hybridized carbons (Fsp3) is 0.370. The van der Waals surface area contributed by atoms with E-state index in [4.69, 9.17) is 12.2 Å². The molecule has 2 aromatic rings. The first-order valence-corrected chi connectivity index (χ1v) is 11.4. The summed E-state index contributed by atoms with van der Waals surface area (Å²) in [7, 11) is 0. The summed E-state index contributed by atoms with van der Waals surface area (Å²) in [4.78, 5) is 27.7. The Morgan fingerprint density at radius 2 is 1.48 bits per heavy atom. The van der Waals surface area contributed by atoms with E-state index in [1.54, 1.807) is 6.08 Å². The van der Waals surface area contributed by atoms with Crippen LogP contribution < -0.4 is 10.2 Å². The van der Waals surface area contributed by atoms with Crippen LogP contribution in [0.5, 0.6) is 5.75 Å². The molecule has 5 nitrogen and oxygen atoms in total. The van der Waals surface area contributed by atoms with Crippen molar-refractivity contribution in [1.29, 1.82) is 0 Å². The van der Waals surface area contributed by atoms with Gasteiger partial charge in [0.1, 0.15) is 11.3 Å². The third-order valence-corrected chi connectivity index (χ3v) is 6.05. The zero-order valence-corrected chi connectivity index (χ0v) is 21.4. The zero-order chi connectivity index (χ0) is 24.9. The van der Waals surface area contributed by atoms with E-state index < -0.39 is 11.8 Å². The summed E-state index contributed by atoms with van der Waals surface area (Å²) in [6.45, 7) is 15.9. The first-order valence-electron chi connectivity index (χ1n) is 11.0. The monoisotopic (exact) mass is 464 g/mol. The Morgan fingerprint density at radius 3 is 2.00 bits per heavy atom. The lowest BCUT2D eigenvalue weighted by atomic mass is 9.78. The summed E-state index contributed by atoms with van der Waals surface area (Å²) in [5.41, 5.74) is 4.03. The van der Waals surface area contributed by atoms with E-state index in [0.29, 0.717) is 11.3 Å². The summed E-state index contributed by atoms with van der Waals surface area (Å²) < 4.78 is 0. The Hall–Kier alpha value is -2.99. The Kier molecular flexibility index (Phi) is 6.28. The Balaban J connectivity index is 2.19. The van der Waals surface area contributed by atoms with Crippen LogP contribution in [0, 0.1) is 13.8 Å². The molecular weight excluding hydrogens is 432 g/mol. The number of carbonyl (C=O) groups excluding carboxylic acids is 2. The third-order valence-electron chi connectivity index (χ3n) is 5.77. The van der Waals surface area contributed by atoms with Gasteiger partial charge in [0.2, 0.25) is 0 Å². The maximum atomic E-state index is 13.5. The van der Waals surface area contributed by atoms with Crippen LogP contribution in [-0.4, -0.2) is 22.0 Å². The highest BCUT2D eigenvalue weighted by atomic mass is 32.1. The van der Waals surface area contributed by atoms with Gasteiger partial charge in [-0.1, -0.05) is 53.7 Å². The molecule has 0 atom stereocenters. The van der Waals surface area contributed by atoms with Gasteiger partial charge in [-0.25, -0.2) is 0 Å². The lowest BCUT2D eigenvalue weighted by Gasteiger charge is -2.30. The largest absolute Gasteiger partial charge is 0.507 e. The van der Waals surface area contributed by atoms with Crippen LogP contribution >= 0.6 is 12.2 Å². The second kappa shape index (κ2) is 8.41. The third kappa shape index (κ3) is 4.86. The number of hydrogen-bond acceptors (Lipinski definition) is 4. The van der Waals surface area contributed by atoms with E-state index in [0.717, 1.165) is 22.3 Å². The number of benzene rings is 2. The molecule has 2 amide bonds. The van der Waals surface area contributed by atoms with Gasteiger partial charge in [-0.05, 0) is 77.9 Å². The molecular formula is C27H32N2O3S. The van der Waals surface area contributed by atoms with Gasteiger partial charge >= 0.3 is 0 Å². The second-order valence-electron chi connectivity index (χ2n) is 10.7. The highest BCUT2D eigenvalue weighted by molar-refractivity contribution is 7.80. The van der Waals surface area contributed by atoms with E-state index in [1.807, 2.05) is 85.7 Å². The van der Waals surface area contributed by atoms with Crippen molar-refractivity contribution in [2.75, 3.05) is 4.90 Å². The predicted octanol–water partition coefficient (Wildman–Crippen LogP) is 5.44. The molecule has 1 saturated heterocycles. The quantitative estimate of drug-likeness (QED) is 0.353. The number of hydrogen-bond donors (Lipinski definition) is 2. The molecule has 0 aliphatic carbocycles. The Bertz CT molecular complexity index is 1160. The molecule has 1 aliphatic rings. The number of amides is 2. The van der Waals surface area contributed by atoms with E-state index in [1.165, 1.54) is 4.90 Å². The molecule has 0 unspecified atom stereocenters. The average molecular weight is 465 g/mol. The lowest BCUT2D eigenvalue weighted by molar-refractivity contribution is -0.122. The van der Waals surface area contributed by atoms with Crippen LogP contribution in [-0.2, 0) is 20.4 Å². The maximum absolute atomic E-state index is 13.5. The molecule has 1 aliphatic heterocycles. The van der Waals surface area contributed by atoms with Crippen molar-refractivity contribution in [1.82, 2.24) is 5.32 Å². The number of thiocarbonyl (C=S) groups is 1. The second-order valence-corrected chi connectivity index (χ2v) is 11.1. The minimum Gasteiger partial charge on any atom is -0.507 e. The molecule has 2 N–H and O–H groups in total. The van der Waals surface area contributed by atoms with E-state index in [2.05, 4.69) is 5.32 Å².